The molecule has 0 amide bonds. The molecule has 0 spiro atoms. The average molecular weight is 273 g/mol. The molecule has 0 N–H and O–H groups in total. The van der Waals surface area contributed by atoms with Gasteiger partial charge in [0.25, 0.3) is 0 Å². The number of benzene rings is 1. The second-order valence-corrected chi connectivity index (χ2v) is 6.72. The molecule has 0 atom stereocenters. The van der Waals surface area contributed by atoms with E-state index in [1.165, 1.54) is 6.07 Å². The molecule has 1 aliphatic carbocycles. The molecule has 0 bridgehead atoms. The summed E-state index contributed by atoms with van der Waals surface area (Å²) in [7, 11) is 0. The lowest BCUT2D eigenvalue weighted by Gasteiger charge is -2.37. The summed E-state index contributed by atoms with van der Waals surface area (Å²) in [5, 5.41) is 9.64. The van der Waals surface area contributed by atoms with Gasteiger partial charge in [0.05, 0.1) is 11.5 Å². The number of rotatable bonds is 3. The van der Waals surface area contributed by atoms with Gasteiger partial charge in [0.15, 0.2) is 0 Å². The van der Waals surface area contributed by atoms with E-state index in [2.05, 4.69) is 19.9 Å². The van der Waals surface area contributed by atoms with Crippen molar-refractivity contribution in [3.05, 3.63) is 35.1 Å². The van der Waals surface area contributed by atoms with E-state index in [4.69, 9.17) is 0 Å². The number of hydrogen-bond acceptors (Lipinski definition) is 1. The quantitative estimate of drug-likeness (QED) is 0.757. The Balaban J connectivity index is 2.14. The molecule has 0 aliphatic heterocycles. The van der Waals surface area contributed by atoms with Crippen LogP contribution in [0.25, 0.3) is 0 Å². The Morgan fingerprint density at radius 1 is 1.35 bits per heavy atom. The van der Waals surface area contributed by atoms with E-state index in [1.807, 2.05) is 13.0 Å². The van der Waals surface area contributed by atoms with E-state index in [1.54, 1.807) is 6.07 Å². The minimum absolute atomic E-state index is 0.199. The number of nitrogens with zero attached hydrogens (tertiary/aromatic N) is 1. The second kappa shape index (κ2) is 5.95. The van der Waals surface area contributed by atoms with Crippen LogP contribution in [0.15, 0.2) is 18.2 Å². The molecule has 0 heterocycles. The van der Waals surface area contributed by atoms with Crippen LogP contribution in [0.3, 0.4) is 0 Å². The van der Waals surface area contributed by atoms with Gasteiger partial charge in [-0.25, -0.2) is 4.39 Å². The van der Waals surface area contributed by atoms with Crippen molar-refractivity contribution in [3.63, 3.8) is 0 Å². The second-order valence-electron chi connectivity index (χ2n) is 6.72. The molecule has 2 heteroatoms. The number of hydrogen-bond donors (Lipinski definition) is 0. The van der Waals surface area contributed by atoms with Crippen molar-refractivity contribution in [3.8, 4) is 6.07 Å². The highest BCUT2D eigenvalue weighted by atomic mass is 19.1. The molecule has 1 fully saturated rings. The molecule has 0 saturated heterocycles. The van der Waals surface area contributed by atoms with Crippen molar-refractivity contribution in [1.82, 2.24) is 0 Å². The fourth-order valence-corrected chi connectivity index (χ4v) is 3.38. The maximum atomic E-state index is 13.4. The molecule has 1 saturated carbocycles. The fourth-order valence-electron chi connectivity index (χ4n) is 3.38. The molecule has 1 aromatic rings. The SMILES string of the molecule is Cc1ccc(F)cc1CC1(C#N)CCC(C(C)C)CC1. The van der Waals surface area contributed by atoms with Crippen LogP contribution in [0.4, 0.5) is 4.39 Å². The van der Waals surface area contributed by atoms with Gasteiger partial charge in [0, 0.05) is 0 Å². The van der Waals surface area contributed by atoms with Gasteiger partial charge in [-0.05, 0) is 74.1 Å². The van der Waals surface area contributed by atoms with E-state index in [0.29, 0.717) is 12.3 Å². The van der Waals surface area contributed by atoms with Crippen molar-refractivity contribution < 1.29 is 4.39 Å². The van der Waals surface area contributed by atoms with Crippen LogP contribution in [0.2, 0.25) is 0 Å². The van der Waals surface area contributed by atoms with Gasteiger partial charge in [0.1, 0.15) is 5.82 Å². The maximum Gasteiger partial charge on any atom is 0.123 e. The van der Waals surface area contributed by atoms with E-state index in [9.17, 15) is 9.65 Å². The molecular weight excluding hydrogens is 249 g/mol. The van der Waals surface area contributed by atoms with Gasteiger partial charge in [-0.3, -0.25) is 0 Å². The number of aryl methyl sites for hydroxylation is 1. The first-order valence-electron chi connectivity index (χ1n) is 7.62. The Morgan fingerprint density at radius 3 is 2.55 bits per heavy atom. The van der Waals surface area contributed by atoms with Crippen LogP contribution >= 0.6 is 0 Å². The highest BCUT2D eigenvalue weighted by Crippen LogP contribution is 2.43. The van der Waals surface area contributed by atoms with Gasteiger partial charge in [-0.1, -0.05) is 19.9 Å². The third-order valence-corrected chi connectivity index (χ3v) is 5.01. The summed E-state index contributed by atoms with van der Waals surface area (Å²) in [6, 6.07) is 7.46. The predicted octanol–water partition coefficient (Wildman–Crippen LogP) is 5.03. The highest BCUT2D eigenvalue weighted by Gasteiger charge is 2.36. The standard InChI is InChI=1S/C18H24FN/c1-13(2)15-6-8-18(12-20,9-7-15)11-16-10-17(19)5-4-14(16)3/h4-5,10,13,15H,6-9,11H2,1-3H3. The van der Waals surface area contributed by atoms with E-state index < -0.39 is 0 Å². The summed E-state index contributed by atoms with van der Waals surface area (Å²) in [6.07, 6.45) is 4.84. The van der Waals surface area contributed by atoms with Gasteiger partial charge in [-0.2, -0.15) is 5.26 Å². The Labute approximate surface area is 121 Å². The summed E-state index contributed by atoms with van der Waals surface area (Å²) in [5.41, 5.74) is 1.80. The summed E-state index contributed by atoms with van der Waals surface area (Å²) in [6.45, 7) is 6.53. The lowest BCUT2D eigenvalue weighted by atomic mass is 9.66. The summed E-state index contributed by atoms with van der Waals surface area (Å²) in [5.74, 6) is 1.24. The Kier molecular flexibility index (Phi) is 4.48. The number of nitriles is 1. The Morgan fingerprint density at radius 2 is 2.00 bits per heavy atom. The zero-order valence-electron chi connectivity index (χ0n) is 12.7. The minimum atomic E-state index is -0.288. The molecule has 0 unspecified atom stereocenters. The Bertz CT molecular complexity index is 505. The third kappa shape index (κ3) is 3.20. The van der Waals surface area contributed by atoms with Crippen LogP contribution in [-0.2, 0) is 6.42 Å². The summed E-state index contributed by atoms with van der Waals surface area (Å²) < 4.78 is 13.4. The Hall–Kier alpha value is -1.36. The molecule has 1 aromatic carbocycles. The first-order chi connectivity index (χ1) is 9.46. The van der Waals surface area contributed by atoms with Gasteiger partial charge in [0.2, 0.25) is 0 Å². The van der Waals surface area contributed by atoms with Crippen molar-refractivity contribution in [2.45, 2.75) is 52.9 Å². The monoisotopic (exact) mass is 273 g/mol. The van der Waals surface area contributed by atoms with Crippen LogP contribution < -0.4 is 0 Å². The maximum absolute atomic E-state index is 13.4. The van der Waals surface area contributed by atoms with E-state index >= 15 is 0 Å². The molecule has 0 aromatic heterocycles. The molecule has 0 radical (unpaired) electrons. The van der Waals surface area contributed by atoms with E-state index in [-0.39, 0.29) is 11.2 Å². The molecule has 1 nitrogen and oxygen atoms in total. The summed E-state index contributed by atoms with van der Waals surface area (Å²) >= 11 is 0. The first-order valence-corrected chi connectivity index (χ1v) is 7.62. The average Bonchev–Trinajstić information content (AvgIpc) is 2.43. The van der Waals surface area contributed by atoms with Crippen LogP contribution in [-0.4, -0.2) is 0 Å². The molecule has 2 rings (SSSR count). The number of halogens is 1. The van der Waals surface area contributed by atoms with Crippen LogP contribution in [0.1, 0.15) is 50.7 Å². The minimum Gasteiger partial charge on any atom is -0.207 e. The van der Waals surface area contributed by atoms with Crippen molar-refractivity contribution in [2.75, 3.05) is 0 Å². The zero-order valence-corrected chi connectivity index (χ0v) is 12.7. The topological polar surface area (TPSA) is 23.8 Å². The first kappa shape index (κ1) is 15.0. The zero-order chi connectivity index (χ0) is 14.8. The van der Waals surface area contributed by atoms with Gasteiger partial charge >= 0.3 is 0 Å². The van der Waals surface area contributed by atoms with E-state index in [0.717, 1.165) is 42.7 Å². The lowest BCUT2D eigenvalue weighted by molar-refractivity contribution is 0.174. The normalized spacial score (nSPS) is 26.5. The predicted molar refractivity (Wildman–Crippen MR) is 79.7 cm³/mol. The smallest absolute Gasteiger partial charge is 0.123 e. The van der Waals surface area contributed by atoms with Gasteiger partial charge in [-0.15, -0.1) is 0 Å². The van der Waals surface area contributed by atoms with Crippen molar-refractivity contribution in [2.24, 2.45) is 17.3 Å². The van der Waals surface area contributed by atoms with Crippen LogP contribution in [0, 0.1) is 41.3 Å². The van der Waals surface area contributed by atoms with Gasteiger partial charge < -0.3 is 0 Å². The largest absolute Gasteiger partial charge is 0.207 e. The van der Waals surface area contributed by atoms with Crippen molar-refractivity contribution in [1.29, 1.82) is 5.26 Å². The van der Waals surface area contributed by atoms with Crippen molar-refractivity contribution >= 4 is 0 Å². The molecular formula is C18H24FN. The molecule has 20 heavy (non-hydrogen) atoms. The lowest BCUT2D eigenvalue weighted by Crippen LogP contribution is -2.30. The van der Waals surface area contributed by atoms with Crippen LogP contribution in [0.5, 0.6) is 0 Å². The highest BCUT2D eigenvalue weighted by molar-refractivity contribution is 5.29. The third-order valence-electron chi connectivity index (χ3n) is 5.01. The summed E-state index contributed by atoms with van der Waals surface area (Å²) in [4.78, 5) is 0. The molecule has 1 aliphatic rings. The fraction of sp³-hybridized carbons (Fsp3) is 0.611. The molecule has 108 valence electrons.